The van der Waals surface area contributed by atoms with Gasteiger partial charge in [0.2, 0.25) is 5.78 Å². The molecule has 0 aliphatic rings. The maximum absolute atomic E-state index is 11.3. The molecular weight excluding hydrogens is 234 g/mol. The van der Waals surface area contributed by atoms with Gasteiger partial charge in [-0.15, -0.1) is 0 Å². The molecule has 0 unspecified atom stereocenters. The fourth-order valence-corrected chi connectivity index (χ4v) is 1.22. The van der Waals surface area contributed by atoms with E-state index < -0.39 is 24.0 Å². The zero-order valence-corrected chi connectivity index (χ0v) is 9.29. The number of aliphatic carboxylic acids is 1. The standard InChI is InChI=1S/C13H9NO4/c14-8-10-4-2-1-3-9(10)5-6-11(15)7-12(16)13(17)18/h1-6H,7H2,(H,17,18)/b6-5+. The minimum atomic E-state index is -1.63. The number of benzene rings is 1. The highest BCUT2D eigenvalue weighted by atomic mass is 16.4. The molecule has 1 rings (SSSR count). The maximum Gasteiger partial charge on any atom is 0.372 e. The number of ketones is 2. The van der Waals surface area contributed by atoms with Gasteiger partial charge in [-0.1, -0.05) is 24.3 Å². The summed E-state index contributed by atoms with van der Waals surface area (Å²) in [5.74, 6) is -3.40. The number of nitriles is 1. The van der Waals surface area contributed by atoms with E-state index in [1.165, 1.54) is 6.08 Å². The fraction of sp³-hybridized carbons (Fsp3) is 0.0769. The molecule has 0 spiro atoms. The molecule has 0 fully saturated rings. The van der Waals surface area contributed by atoms with Crippen molar-refractivity contribution >= 4 is 23.6 Å². The molecule has 1 aromatic rings. The molecule has 0 radical (unpaired) electrons. The lowest BCUT2D eigenvalue weighted by molar-refractivity contribution is -0.149. The second-order valence-electron chi connectivity index (χ2n) is 3.40. The topological polar surface area (TPSA) is 95.2 Å². The Morgan fingerprint density at radius 3 is 2.56 bits per heavy atom. The number of Topliss-reactive ketones (excluding diaryl/α,β-unsaturated/α-hetero) is 1. The van der Waals surface area contributed by atoms with Crippen molar-refractivity contribution < 1.29 is 19.5 Å². The average molecular weight is 243 g/mol. The summed E-state index contributed by atoms with van der Waals surface area (Å²) < 4.78 is 0. The van der Waals surface area contributed by atoms with E-state index in [0.29, 0.717) is 11.1 Å². The maximum atomic E-state index is 11.3. The van der Waals surface area contributed by atoms with Crippen molar-refractivity contribution in [3.63, 3.8) is 0 Å². The molecule has 5 heteroatoms. The van der Waals surface area contributed by atoms with Gasteiger partial charge in [-0.2, -0.15) is 5.26 Å². The second kappa shape index (κ2) is 6.11. The highest BCUT2D eigenvalue weighted by Crippen LogP contribution is 2.09. The minimum absolute atomic E-state index is 0.395. The van der Waals surface area contributed by atoms with Gasteiger partial charge in [-0.25, -0.2) is 4.79 Å². The molecule has 0 atom stereocenters. The summed E-state index contributed by atoms with van der Waals surface area (Å²) in [7, 11) is 0. The van der Waals surface area contributed by atoms with Crippen molar-refractivity contribution in [3.05, 3.63) is 41.5 Å². The first-order valence-electron chi connectivity index (χ1n) is 5.00. The Morgan fingerprint density at radius 1 is 1.28 bits per heavy atom. The van der Waals surface area contributed by atoms with E-state index in [9.17, 15) is 14.4 Å². The van der Waals surface area contributed by atoms with Gasteiger partial charge >= 0.3 is 5.97 Å². The van der Waals surface area contributed by atoms with Crippen LogP contribution in [0.1, 0.15) is 17.5 Å². The predicted molar refractivity (Wildman–Crippen MR) is 62.5 cm³/mol. The SMILES string of the molecule is N#Cc1ccccc1/C=C/C(=O)CC(=O)C(=O)O. The summed E-state index contributed by atoms with van der Waals surface area (Å²) >= 11 is 0. The van der Waals surface area contributed by atoms with Crippen molar-refractivity contribution in [3.8, 4) is 6.07 Å². The van der Waals surface area contributed by atoms with Crippen molar-refractivity contribution in [1.82, 2.24) is 0 Å². The van der Waals surface area contributed by atoms with Crippen LogP contribution < -0.4 is 0 Å². The van der Waals surface area contributed by atoms with Gasteiger partial charge in [-0.05, 0) is 17.7 Å². The largest absolute Gasteiger partial charge is 0.475 e. The Morgan fingerprint density at radius 2 is 1.94 bits per heavy atom. The number of carboxylic acid groups (broad SMARTS) is 1. The molecule has 0 aliphatic carbocycles. The van der Waals surface area contributed by atoms with E-state index in [1.807, 2.05) is 6.07 Å². The molecule has 1 N–H and O–H groups in total. The first kappa shape index (κ1) is 13.3. The van der Waals surface area contributed by atoms with Gasteiger partial charge in [0.1, 0.15) is 0 Å². The van der Waals surface area contributed by atoms with Gasteiger partial charge in [0.15, 0.2) is 5.78 Å². The number of carbonyl (C=O) groups is 3. The average Bonchev–Trinajstić information content (AvgIpc) is 2.36. The van der Waals surface area contributed by atoms with Crippen LogP contribution in [0.25, 0.3) is 6.08 Å². The quantitative estimate of drug-likeness (QED) is 0.476. The Kier molecular flexibility index (Phi) is 4.52. The van der Waals surface area contributed by atoms with Crippen molar-refractivity contribution in [2.45, 2.75) is 6.42 Å². The van der Waals surface area contributed by atoms with E-state index >= 15 is 0 Å². The van der Waals surface area contributed by atoms with Crippen LogP contribution in [0.3, 0.4) is 0 Å². The van der Waals surface area contributed by atoms with E-state index in [0.717, 1.165) is 6.08 Å². The third-order valence-electron chi connectivity index (χ3n) is 2.10. The smallest absolute Gasteiger partial charge is 0.372 e. The molecule has 90 valence electrons. The van der Waals surface area contributed by atoms with E-state index in [2.05, 4.69) is 0 Å². The van der Waals surface area contributed by atoms with Crippen LogP contribution in [-0.4, -0.2) is 22.6 Å². The lowest BCUT2D eigenvalue weighted by atomic mass is 10.1. The Labute approximate surface area is 103 Å². The van der Waals surface area contributed by atoms with Gasteiger partial charge < -0.3 is 5.11 Å². The Hall–Kier alpha value is -2.74. The van der Waals surface area contributed by atoms with Crippen LogP contribution in [-0.2, 0) is 14.4 Å². The van der Waals surface area contributed by atoms with Crippen LogP contribution in [0.2, 0.25) is 0 Å². The Bertz CT molecular complexity index is 567. The lowest BCUT2D eigenvalue weighted by Crippen LogP contribution is -2.15. The van der Waals surface area contributed by atoms with Gasteiger partial charge in [0, 0.05) is 0 Å². The molecule has 5 nitrogen and oxygen atoms in total. The monoisotopic (exact) mass is 243 g/mol. The molecule has 0 saturated carbocycles. The number of hydrogen-bond acceptors (Lipinski definition) is 4. The summed E-state index contributed by atoms with van der Waals surface area (Å²) in [6, 6.07) is 8.57. The van der Waals surface area contributed by atoms with Crippen LogP contribution >= 0.6 is 0 Å². The zero-order valence-electron chi connectivity index (χ0n) is 9.29. The highest BCUT2D eigenvalue weighted by molar-refractivity contribution is 6.37. The molecule has 0 heterocycles. The van der Waals surface area contributed by atoms with Gasteiger partial charge in [0.25, 0.3) is 0 Å². The summed E-state index contributed by atoms with van der Waals surface area (Å²) in [4.78, 5) is 32.3. The minimum Gasteiger partial charge on any atom is -0.475 e. The first-order valence-corrected chi connectivity index (χ1v) is 5.00. The van der Waals surface area contributed by atoms with Crippen molar-refractivity contribution in [2.75, 3.05) is 0 Å². The van der Waals surface area contributed by atoms with Gasteiger partial charge in [-0.3, -0.25) is 9.59 Å². The predicted octanol–water partition coefficient (Wildman–Crippen LogP) is 1.18. The number of allylic oxidation sites excluding steroid dienone is 1. The third kappa shape index (κ3) is 3.68. The number of hydrogen-bond donors (Lipinski definition) is 1. The summed E-state index contributed by atoms with van der Waals surface area (Å²) in [6.07, 6.45) is 1.80. The van der Waals surface area contributed by atoms with Crippen LogP contribution in [0.4, 0.5) is 0 Å². The molecular formula is C13H9NO4. The number of carboxylic acids is 1. The molecule has 18 heavy (non-hydrogen) atoms. The molecule has 1 aromatic carbocycles. The fourth-order valence-electron chi connectivity index (χ4n) is 1.22. The molecule has 0 amide bonds. The lowest BCUT2D eigenvalue weighted by Gasteiger charge is -1.95. The second-order valence-corrected chi connectivity index (χ2v) is 3.40. The Balaban J connectivity index is 2.76. The van der Waals surface area contributed by atoms with E-state index in [-0.39, 0.29) is 0 Å². The van der Waals surface area contributed by atoms with Crippen molar-refractivity contribution in [1.29, 1.82) is 5.26 Å². The number of rotatable bonds is 5. The molecule has 0 bridgehead atoms. The summed E-state index contributed by atoms with van der Waals surface area (Å²) in [5, 5.41) is 17.1. The highest BCUT2D eigenvalue weighted by Gasteiger charge is 2.14. The summed E-state index contributed by atoms with van der Waals surface area (Å²) in [6.45, 7) is 0. The number of carbonyl (C=O) groups excluding carboxylic acids is 2. The molecule has 0 saturated heterocycles. The molecule has 0 aliphatic heterocycles. The van der Waals surface area contributed by atoms with Gasteiger partial charge in [0.05, 0.1) is 18.1 Å². The van der Waals surface area contributed by atoms with Crippen LogP contribution in [0.5, 0.6) is 0 Å². The normalized spacial score (nSPS) is 9.94. The zero-order chi connectivity index (χ0) is 13.5. The number of nitrogens with zero attached hydrogens (tertiary/aromatic N) is 1. The van der Waals surface area contributed by atoms with Crippen LogP contribution in [0, 0.1) is 11.3 Å². The third-order valence-corrected chi connectivity index (χ3v) is 2.10. The van der Waals surface area contributed by atoms with Crippen LogP contribution in [0.15, 0.2) is 30.3 Å². The first-order chi connectivity index (χ1) is 8.54. The van der Waals surface area contributed by atoms with E-state index in [1.54, 1.807) is 24.3 Å². The summed E-state index contributed by atoms with van der Waals surface area (Å²) in [5.41, 5.74) is 0.933. The van der Waals surface area contributed by atoms with E-state index in [4.69, 9.17) is 10.4 Å². The molecule has 0 aromatic heterocycles. The van der Waals surface area contributed by atoms with Crippen molar-refractivity contribution in [2.24, 2.45) is 0 Å².